The van der Waals surface area contributed by atoms with Crippen LogP contribution in [0.25, 0.3) is 0 Å². The summed E-state index contributed by atoms with van der Waals surface area (Å²) in [4.78, 5) is 23.3. The fourth-order valence-corrected chi connectivity index (χ4v) is 3.61. The van der Waals surface area contributed by atoms with Crippen LogP contribution in [-0.2, 0) is 13.0 Å². The number of piperidine rings is 1. The van der Waals surface area contributed by atoms with Crippen molar-refractivity contribution >= 4 is 5.91 Å². The summed E-state index contributed by atoms with van der Waals surface area (Å²) in [5.41, 5.74) is 1.58. The van der Waals surface area contributed by atoms with E-state index < -0.39 is 0 Å². The molecule has 140 valence electrons. The minimum Gasteiger partial charge on any atom is -0.361 e. The summed E-state index contributed by atoms with van der Waals surface area (Å²) in [6, 6.07) is 5.77. The third-order valence-electron chi connectivity index (χ3n) is 5.05. The van der Waals surface area contributed by atoms with Gasteiger partial charge in [-0.3, -0.25) is 9.78 Å². The van der Waals surface area contributed by atoms with Gasteiger partial charge in [0.25, 0.3) is 5.91 Å². The summed E-state index contributed by atoms with van der Waals surface area (Å²) in [5, 5.41) is 3.93. The number of nitrogens with zero attached hydrogens (tertiary/aromatic N) is 5. The van der Waals surface area contributed by atoms with Crippen LogP contribution in [0.5, 0.6) is 0 Å². The summed E-state index contributed by atoms with van der Waals surface area (Å²) in [5.74, 6) is 1.92. The molecule has 3 aromatic rings. The molecule has 1 aliphatic rings. The number of amides is 1. The summed E-state index contributed by atoms with van der Waals surface area (Å²) in [7, 11) is 0. The number of aromatic nitrogens is 4. The fourth-order valence-electron chi connectivity index (χ4n) is 3.61. The van der Waals surface area contributed by atoms with Gasteiger partial charge in [-0.1, -0.05) is 12.1 Å². The van der Waals surface area contributed by atoms with E-state index in [4.69, 9.17) is 4.52 Å². The molecule has 4 rings (SSSR count). The van der Waals surface area contributed by atoms with Crippen LogP contribution in [0.2, 0.25) is 0 Å². The molecule has 0 saturated carbocycles. The van der Waals surface area contributed by atoms with Crippen LogP contribution in [0.15, 0.2) is 47.5 Å². The molecule has 0 bridgehead atoms. The third-order valence-corrected chi connectivity index (χ3v) is 5.05. The van der Waals surface area contributed by atoms with Crippen molar-refractivity contribution in [2.24, 2.45) is 0 Å². The van der Waals surface area contributed by atoms with Crippen LogP contribution in [0.3, 0.4) is 0 Å². The predicted octanol–water partition coefficient (Wildman–Crippen LogP) is 2.90. The number of imidazole rings is 1. The van der Waals surface area contributed by atoms with E-state index in [1.165, 1.54) is 5.56 Å². The first-order valence-electron chi connectivity index (χ1n) is 9.39. The van der Waals surface area contributed by atoms with Gasteiger partial charge in [-0.05, 0) is 30.5 Å². The maximum atomic E-state index is 12.8. The van der Waals surface area contributed by atoms with Crippen molar-refractivity contribution in [3.05, 3.63) is 65.8 Å². The van der Waals surface area contributed by atoms with Crippen molar-refractivity contribution in [2.75, 3.05) is 13.1 Å². The molecule has 0 N–H and O–H groups in total. The van der Waals surface area contributed by atoms with Gasteiger partial charge in [0.15, 0.2) is 5.69 Å². The van der Waals surface area contributed by atoms with Crippen LogP contribution in [0, 0.1) is 0 Å². The predicted molar refractivity (Wildman–Crippen MR) is 99.3 cm³/mol. The molecule has 1 aliphatic heterocycles. The van der Waals surface area contributed by atoms with Gasteiger partial charge in [-0.15, -0.1) is 0 Å². The van der Waals surface area contributed by atoms with Crippen LogP contribution in [0.4, 0.5) is 0 Å². The van der Waals surface area contributed by atoms with Crippen LogP contribution in [0.1, 0.15) is 53.3 Å². The van der Waals surface area contributed by atoms with Crippen molar-refractivity contribution in [1.29, 1.82) is 0 Å². The monoisotopic (exact) mass is 365 g/mol. The van der Waals surface area contributed by atoms with E-state index in [1.54, 1.807) is 18.5 Å². The number of likely N-dealkylation sites (tertiary alicyclic amines) is 1. The molecule has 0 aliphatic carbocycles. The number of carbonyl (C=O) groups excluding carboxylic acids is 1. The van der Waals surface area contributed by atoms with Crippen molar-refractivity contribution in [3.63, 3.8) is 0 Å². The molecule has 27 heavy (non-hydrogen) atoms. The molecule has 7 nitrogen and oxygen atoms in total. The second-order valence-corrected chi connectivity index (χ2v) is 6.89. The van der Waals surface area contributed by atoms with E-state index in [-0.39, 0.29) is 11.8 Å². The molecule has 3 aromatic heterocycles. The highest BCUT2D eigenvalue weighted by Gasteiger charge is 2.29. The highest BCUT2D eigenvalue weighted by Crippen LogP contribution is 2.27. The normalized spacial score (nSPS) is 17.2. The molecule has 0 aromatic carbocycles. The highest BCUT2D eigenvalue weighted by molar-refractivity contribution is 5.92. The second-order valence-electron chi connectivity index (χ2n) is 6.89. The largest absolute Gasteiger partial charge is 0.361 e. The average molecular weight is 365 g/mol. The number of aryl methyl sites for hydroxylation is 1. The topological polar surface area (TPSA) is 77.1 Å². The van der Waals surface area contributed by atoms with Gasteiger partial charge >= 0.3 is 0 Å². The molecule has 0 unspecified atom stereocenters. The third kappa shape index (κ3) is 3.77. The molecule has 0 spiro atoms. The smallest absolute Gasteiger partial charge is 0.276 e. The van der Waals surface area contributed by atoms with Crippen LogP contribution >= 0.6 is 0 Å². The Bertz CT molecular complexity index is 902. The van der Waals surface area contributed by atoms with Crippen LogP contribution in [-0.4, -0.2) is 43.6 Å². The quantitative estimate of drug-likeness (QED) is 0.695. The Hall–Kier alpha value is -2.96. The van der Waals surface area contributed by atoms with Gasteiger partial charge in [-0.25, -0.2) is 4.98 Å². The lowest BCUT2D eigenvalue weighted by Crippen LogP contribution is -2.40. The zero-order valence-electron chi connectivity index (χ0n) is 15.4. The lowest BCUT2D eigenvalue weighted by Gasteiger charge is -2.32. The minimum atomic E-state index is -0.0598. The molecule has 1 amide bonds. The van der Waals surface area contributed by atoms with Crippen LogP contribution < -0.4 is 0 Å². The minimum absolute atomic E-state index is 0.0598. The second kappa shape index (κ2) is 7.73. The van der Waals surface area contributed by atoms with Gasteiger partial charge in [0.1, 0.15) is 11.6 Å². The van der Waals surface area contributed by atoms with E-state index in [2.05, 4.69) is 19.7 Å². The van der Waals surface area contributed by atoms with E-state index in [9.17, 15) is 4.79 Å². The first-order chi connectivity index (χ1) is 13.2. The fraction of sp³-hybridized carbons (Fsp3) is 0.400. The Kier molecular flexibility index (Phi) is 5.00. The first kappa shape index (κ1) is 17.5. The van der Waals surface area contributed by atoms with E-state index in [1.807, 2.05) is 36.4 Å². The van der Waals surface area contributed by atoms with Gasteiger partial charge in [0, 0.05) is 62.8 Å². The zero-order chi connectivity index (χ0) is 18.6. The molecular weight excluding hydrogens is 342 g/mol. The first-order valence-corrected chi connectivity index (χ1v) is 9.39. The maximum Gasteiger partial charge on any atom is 0.276 e. The number of pyridine rings is 1. The maximum absolute atomic E-state index is 12.8. The number of hydrogen-bond acceptors (Lipinski definition) is 5. The summed E-state index contributed by atoms with van der Waals surface area (Å²) in [6.45, 7) is 4.13. The Morgan fingerprint density at radius 1 is 1.30 bits per heavy atom. The van der Waals surface area contributed by atoms with E-state index in [0.29, 0.717) is 12.2 Å². The molecule has 1 atom stereocenters. The Labute approximate surface area is 158 Å². The lowest BCUT2D eigenvalue weighted by atomic mass is 9.96. The van der Waals surface area contributed by atoms with Crippen molar-refractivity contribution in [1.82, 2.24) is 24.6 Å². The number of hydrogen-bond donors (Lipinski definition) is 0. The molecule has 0 radical (unpaired) electrons. The van der Waals surface area contributed by atoms with Crippen molar-refractivity contribution in [2.45, 2.75) is 38.6 Å². The van der Waals surface area contributed by atoms with Crippen molar-refractivity contribution in [3.8, 4) is 0 Å². The van der Waals surface area contributed by atoms with Crippen molar-refractivity contribution < 1.29 is 9.32 Å². The van der Waals surface area contributed by atoms with E-state index >= 15 is 0 Å². The standard InChI is InChI=1S/C20H23N5O2/c1-2-17-12-18(23-27-17)20(26)25-10-3-4-16(14-25)19-22-9-11-24(19)13-15-5-7-21-8-6-15/h5-9,11-12,16H,2-4,10,13-14H2,1H3/t16-/m1/s1. The Balaban J connectivity index is 1.49. The number of carbonyl (C=O) groups is 1. The van der Waals surface area contributed by atoms with Gasteiger partial charge in [-0.2, -0.15) is 0 Å². The summed E-state index contributed by atoms with van der Waals surface area (Å²) in [6.07, 6.45) is 10.2. The molecule has 7 heteroatoms. The molecule has 1 fully saturated rings. The highest BCUT2D eigenvalue weighted by atomic mass is 16.5. The molecule has 4 heterocycles. The number of rotatable bonds is 5. The Morgan fingerprint density at radius 2 is 2.15 bits per heavy atom. The van der Waals surface area contributed by atoms with Gasteiger partial charge in [0.2, 0.25) is 0 Å². The zero-order valence-corrected chi connectivity index (χ0v) is 15.4. The van der Waals surface area contributed by atoms with Gasteiger partial charge < -0.3 is 14.0 Å². The summed E-state index contributed by atoms with van der Waals surface area (Å²) >= 11 is 0. The summed E-state index contributed by atoms with van der Waals surface area (Å²) < 4.78 is 7.36. The molecule has 1 saturated heterocycles. The lowest BCUT2D eigenvalue weighted by molar-refractivity contribution is 0.0693. The Morgan fingerprint density at radius 3 is 2.93 bits per heavy atom. The van der Waals surface area contributed by atoms with Gasteiger partial charge in [0.05, 0.1) is 0 Å². The van der Waals surface area contributed by atoms with E-state index in [0.717, 1.165) is 43.9 Å². The average Bonchev–Trinajstić information content (AvgIpc) is 3.38. The SMILES string of the molecule is CCc1cc(C(=O)N2CCC[C@@H](c3nccn3Cc3ccncc3)C2)no1. The molecular formula is C20H23N5O2.